The second kappa shape index (κ2) is 6.78. The van der Waals surface area contributed by atoms with Gasteiger partial charge in [0, 0.05) is 6.42 Å². The minimum absolute atomic E-state index is 0.210. The number of ketones is 1. The van der Waals surface area contributed by atoms with Gasteiger partial charge in [-0.1, -0.05) is 48.5 Å². The van der Waals surface area contributed by atoms with Crippen LogP contribution < -0.4 is 0 Å². The molecule has 0 amide bonds. The highest BCUT2D eigenvalue weighted by Crippen LogP contribution is 2.36. The molecule has 2 aliphatic rings. The number of esters is 1. The average molecular weight is 338 g/mol. The Labute approximate surface area is 145 Å². The Morgan fingerprint density at radius 2 is 1.72 bits per heavy atom. The first-order chi connectivity index (χ1) is 12.2. The molecule has 2 heterocycles. The number of carbonyl (C=O) groups excluding carboxylic acids is 2. The Balaban J connectivity index is 1.35. The van der Waals surface area contributed by atoms with Crippen molar-refractivity contribution in [2.75, 3.05) is 0 Å². The molecule has 5 nitrogen and oxygen atoms in total. The molecule has 2 aromatic rings. The fourth-order valence-electron chi connectivity index (χ4n) is 3.30. The van der Waals surface area contributed by atoms with Gasteiger partial charge in [-0.3, -0.25) is 4.79 Å². The van der Waals surface area contributed by atoms with Gasteiger partial charge in [-0.25, -0.2) is 4.79 Å². The summed E-state index contributed by atoms with van der Waals surface area (Å²) in [5.41, 5.74) is 1.47. The predicted octanol–water partition coefficient (Wildman–Crippen LogP) is 2.54. The SMILES string of the molecule is O=C(O[C@@H]1C(=O)[C@@H]2O[C@H]1C[C@@H]2OCc1ccccc1)c1ccccc1. The lowest BCUT2D eigenvalue weighted by Crippen LogP contribution is -2.43. The van der Waals surface area contributed by atoms with Gasteiger partial charge < -0.3 is 14.2 Å². The van der Waals surface area contributed by atoms with Crippen molar-refractivity contribution in [3.8, 4) is 0 Å². The lowest BCUT2D eigenvalue weighted by molar-refractivity contribution is -0.134. The van der Waals surface area contributed by atoms with E-state index < -0.39 is 24.3 Å². The number of fused-ring (bicyclic) bond motifs is 2. The van der Waals surface area contributed by atoms with E-state index in [1.807, 2.05) is 36.4 Å². The largest absolute Gasteiger partial charge is 0.448 e. The molecule has 2 aliphatic heterocycles. The van der Waals surface area contributed by atoms with Crippen molar-refractivity contribution >= 4 is 11.8 Å². The summed E-state index contributed by atoms with van der Waals surface area (Å²) in [4.78, 5) is 24.6. The zero-order chi connectivity index (χ0) is 17.2. The summed E-state index contributed by atoms with van der Waals surface area (Å²) in [6, 6.07) is 18.4. The first-order valence-electron chi connectivity index (χ1n) is 8.33. The highest BCUT2D eigenvalue weighted by molar-refractivity contribution is 5.96. The summed E-state index contributed by atoms with van der Waals surface area (Å²) in [6.45, 7) is 0.430. The summed E-state index contributed by atoms with van der Waals surface area (Å²) in [7, 11) is 0. The molecular weight excluding hydrogens is 320 g/mol. The zero-order valence-electron chi connectivity index (χ0n) is 13.5. The minimum atomic E-state index is -0.839. The number of hydrogen-bond donors (Lipinski definition) is 0. The van der Waals surface area contributed by atoms with Gasteiger partial charge in [0.2, 0.25) is 5.78 Å². The molecule has 128 valence electrons. The molecule has 0 aromatic heterocycles. The van der Waals surface area contributed by atoms with Gasteiger partial charge in [-0.15, -0.1) is 0 Å². The Kier molecular flexibility index (Phi) is 4.34. The molecule has 4 atom stereocenters. The van der Waals surface area contributed by atoms with Crippen molar-refractivity contribution in [2.24, 2.45) is 0 Å². The molecule has 0 unspecified atom stereocenters. The van der Waals surface area contributed by atoms with Crippen LogP contribution >= 0.6 is 0 Å². The highest BCUT2D eigenvalue weighted by atomic mass is 16.6. The third-order valence-electron chi connectivity index (χ3n) is 4.57. The molecule has 0 spiro atoms. The van der Waals surface area contributed by atoms with Gasteiger partial charge in [0.15, 0.2) is 6.10 Å². The number of hydrogen-bond acceptors (Lipinski definition) is 5. The van der Waals surface area contributed by atoms with Crippen LogP contribution in [0.5, 0.6) is 0 Å². The van der Waals surface area contributed by atoms with Gasteiger partial charge in [-0.2, -0.15) is 0 Å². The monoisotopic (exact) mass is 338 g/mol. The molecule has 0 aliphatic carbocycles. The van der Waals surface area contributed by atoms with Crippen LogP contribution in [0.3, 0.4) is 0 Å². The molecule has 2 bridgehead atoms. The van der Waals surface area contributed by atoms with E-state index in [1.165, 1.54) is 0 Å². The van der Waals surface area contributed by atoms with Gasteiger partial charge >= 0.3 is 5.97 Å². The third-order valence-corrected chi connectivity index (χ3v) is 4.57. The Morgan fingerprint density at radius 1 is 1.04 bits per heavy atom. The second-order valence-electron chi connectivity index (χ2n) is 6.26. The van der Waals surface area contributed by atoms with Gasteiger partial charge in [0.25, 0.3) is 0 Å². The van der Waals surface area contributed by atoms with E-state index in [2.05, 4.69) is 0 Å². The number of rotatable bonds is 5. The van der Waals surface area contributed by atoms with Crippen molar-refractivity contribution in [3.05, 3.63) is 71.8 Å². The van der Waals surface area contributed by atoms with Crippen molar-refractivity contribution < 1.29 is 23.8 Å². The number of Topliss-reactive ketones (excluding diaryl/α,β-unsaturated/α-hetero) is 1. The van der Waals surface area contributed by atoms with E-state index in [0.717, 1.165) is 5.56 Å². The van der Waals surface area contributed by atoms with E-state index in [0.29, 0.717) is 18.6 Å². The molecule has 2 saturated heterocycles. The minimum Gasteiger partial charge on any atom is -0.448 e. The quantitative estimate of drug-likeness (QED) is 0.784. The second-order valence-corrected chi connectivity index (χ2v) is 6.26. The first-order valence-corrected chi connectivity index (χ1v) is 8.33. The van der Waals surface area contributed by atoms with E-state index >= 15 is 0 Å². The third kappa shape index (κ3) is 3.21. The maximum atomic E-state index is 12.5. The van der Waals surface area contributed by atoms with Crippen LogP contribution in [-0.4, -0.2) is 36.2 Å². The standard InChI is InChI=1S/C20H18O5/c21-17-18-15(23-12-13-7-3-1-4-8-13)11-16(24-18)19(17)25-20(22)14-9-5-2-6-10-14/h1-10,15-16,18-19H,11-12H2/t15-,16-,18+,19-/m0/s1. The molecular formula is C20H18O5. The summed E-state index contributed by atoms with van der Waals surface area (Å²) in [5.74, 6) is -0.713. The topological polar surface area (TPSA) is 61.8 Å². The smallest absolute Gasteiger partial charge is 0.338 e. The van der Waals surface area contributed by atoms with E-state index in [-0.39, 0.29) is 11.9 Å². The van der Waals surface area contributed by atoms with Crippen LogP contribution in [-0.2, 0) is 25.6 Å². The van der Waals surface area contributed by atoms with Crippen molar-refractivity contribution in [1.29, 1.82) is 0 Å². The van der Waals surface area contributed by atoms with Gasteiger partial charge in [-0.05, 0) is 17.7 Å². The van der Waals surface area contributed by atoms with Crippen LogP contribution in [0.4, 0.5) is 0 Å². The van der Waals surface area contributed by atoms with Crippen LogP contribution in [0.15, 0.2) is 60.7 Å². The summed E-state index contributed by atoms with van der Waals surface area (Å²) in [5, 5.41) is 0. The Morgan fingerprint density at radius 3 is 2.40 bits per heavy atom. The van der Waals surface area contributed by atoms with Crippen LogP contribution in [0, 0.1) is 0 Å². The normalized spacial score (nSPS) is 27.4. The van der Waals surface area contributed by atoms with Crippen molar-refractivity contribution in [1.82, 2.24) is 0 Å². The summed E-state index contributed by atoms with van der Waals surface area (Å²) >= 11 is 0. The average Bonchev–Trinajstić information content (AvgIpc) is 3.21. The Bertz CT molecular complexity index is 758. The lowest BCUT2D eigenvalue weighted by atomic mass is 9.93. The molecule has 5 heteroatoms. The fourth-order valence-corrected chi connectivity index (χ4v) is 3.30. The first kappa shape index (κ1) is 16.0. The molecule has 2 aromatic carbocycles. The number of benzene rings is 2. The predicted molar refractivity (Wildman–Crippen MR) is 88.9 cm³/mol. The van der Waals surface area contributed by atoms with Crippen LogP contribution in [0.25, 0.3) is 0 Å². The fraction of sp³-hybridized carbons (Fsp3) is 0.300. The maximum absolute atomic E-state index is 12.5. The number of ether oxygens (including phenoxy) is 3. The van der Waals surface area contributed by atoms with E-state index in [4.69, 9.17) is 14.2 Å². The molecule has 0 saturated carbocycles. The molecule has 0 radical (unpaired) electrons. The zero-order valence-corrected chi connectivity index (χ0v) is 13.5. The number of carbonyl (C=O) groups is 2. The summed E-state index contributed by atoms with van der Waals surface area (Å²) < 4.78 is 16.9. The van der Waals surface area contributed by atoms with Crippen LogP contribution in [0.1, 0.15) is 22.3 Å². The van der Waals surface area contributed by atoms with Crippen LogP contribution in [0.2, 0.25) is 0 Å². The van der Waals surface area contributed by atoms with Crippen molar-refractivity contribution in [3.63, 3.8) is 0 Å². The lowest BCUT2D eigenvalue weighted by Gasteiger charge is -2.23. The van der Waals surface area contributed by atoms with E-state index in [1.54, 1.807) is 24.3 Å². The van der Waals surface area contributed by atoms with Crippen molar-refractivity contribution in [2.45, 2.75) is 37.4 Å². The molecule has 0 N–H and O–H groups in total. The molecule has 25 heavy (non-hydrogen) atoms. The molecule has 4 rings (SSSR count). The van der Waals surface area contributed by atoms with Gasteiger partial charge in [0.1, 0.15) is 12.2 Å². The maximum Gasteiger partial charge on any atom is 0.338 e. The van der Waals surface area contributed by atoms with Gasteiger partial charge in [0.05, 0.1) is 18.3 Å². The molecule has 2 fully saturated rings. The Hall–Kier alpha value is -2.50. The van der Waals surface area contributed by atoms with E-state index in [9.17, 15) is 9.59 Å². The highest BCUT2D eigenvalue weighted by Gasteiger charge is 2.56. The summed E-state index contributed by atoms with van der Waals surface area (Å²) in [6.07, 6.45) is -1.65.